The number of benzene rings is 1. The van der Waals surface area contributed by atoms with E-state index >= 15 is 0 Å². The van der Waals surface area contributed by atoms with Crippen LogP contribution in [0.1, 0.15) is 31.7 Å². The van der Waals surface area contributed by atoms with Crippen LogP contribution in [-0.4, -0.2) is 30.0 Å². The van der Waals surface area contributed by atoms with Crippen molar-refractivity contribution in [1.82, 2.24) is 4.90 Å². The van der Waals surface area contributed by atoms with Gasteiger partial charge in [-0.15, -0.1) is 0 Å². The van der Waals surface area contributed by atoms with Gasteiger partial charge in [-0.25, -0.2) is 0 Å². The van der Waals surface area contributed by atoms with Crippen molar-refractivity contribution in [3.8, 4) is 0 Å². The molecule has 0 aromatic heterocycles. The smallest absolute Gasteiger partial charge is 0.292 e. The molecule has 0 aliphatic carbocycles. The van der Waals surface area contributed by atoms with Crippen LogP contribution in [0.15, 0.2) is 18.2 Å². The van der Waals surface area contributed by atoms with Crippen molar-refractivity contribution in [2.45, 2.75) is 32.7 Å². The molecule has 2 rings (SSSR count). The average molecular weight is 277 g/mol. The normalized spacial score (nSPS) is 19.8. The minimum Gasteiger partial charge on any atom is -0.383 e. The molecule has 0 saturated carbocycles. The van der Waals surface area contributed by atoms with E-state index in [0.717, 1.165) is 31.1 Å². The summed E-state index contributed by atoms with van der Waals surface area (Å²) in [6.07, 6.45) is 3.82. The van der Waals surface area contributed by atoms with E-state index in [0.29, 0.717) is 5.69 Å². The number of hydrogen-bond donors (Lipinski definition) is 1. The van der Waals surface area contributed by atoms with E-state index in [1.165, 1.54) is 19.3 Å². The number of nitrogens with one attached hydrogen (secondary N) is 1. The number of nitro benzene ring substituents is 1. The maximum absolute atomic E-state index is 10.9. The summed E-state index contributed by atoms with van der Waals surface area (Å²) in [5, 5.41) is 13.8. The molecule has 1 heterocycles. The molecule has 0 bridgehead atoms. The fourth-order valence-electron chi connectivity index (χ4n) is 2.93. The molecule has 1 aliphatic heterocycles. The lowest BCUT2D eigenvalue weighted by Gasteiger charge is -2.32. The summed E-state index contributed by atoms with van der Waals surface area (Å²) in [6, 6.07) is 5.37. The molecule has 5 nitrogen and oxygen atoms in total. The zero-order valence-corrected chi connectivity index (χ0v) is 12.3. The molecule has 110 valence electrons. The van der Waals surface area contributed by atoms with Gasteiger partial charge >= 0.3 is 0 Å². The highest BCUT2D eigenvalue weighted by molar-refractivity contribution is 5.62. The molecule has 0 spiro atoms. The van der Waals surface area contributed by atoms with E-state index < -0.39 is 0 Å². The lowest BCUT2D eigenvalue weighted by Crippen LogP contribution is -2.34. The van der Waals surface area contributed by atoms with Gasteiger partial charge in [0, 0.05) is 26.2 Å². The third-order valence-corrected chi connectivity index (χ3v) is 4.11. The second-order valence-electron chi connectivity index (χ2n) is 5.51. The number of nitro groups is 1. The Bertz CT molecular complexity index is 476. The van der Waals surface area contributed by atoms with Crippen LogP contribution in [0.3, 0.4) is 0 Å². The molecule has 1 aromatic rings. The number of piperidine rings is 1. The largest absolute Gasteiger partial charge is 0.383 e. The molecular formula is C15H23N3O2. The van der Waals surface area contributed by atoms with E-state index in [9.17, 15) is 10.1 Å². The number of rotatable bonds is 5. The Morgan fingerprint density at radius 1 is 1.50 bits per heavy atom. The minimum atomic E-state index is -0.344. The molecule has 1 fully saturated rings. The first kappa shape index (κ1) is 14.8. The van der Waals surface area contributed by atoms with Crippen molar-refractivity contribution in [3.63, 3.8) is 0 Å². The molecule has 1 atom stereocenters. The van der Waals surface area contributed by atoms with Crippen LogP contribution in [0.4, 0.5) is 11.4 Å². The van der Waals surface area contributed by atoms with Gasteiger partial charge in [-0.3, -0.25) is 15.0 Å². The van der Waals surface area contributed by atoms with Gasteiger partial charge in [-0.1, -0.05) is 19.4 Å². The van der Waals surface area contributed by atoms with Gasteiger partial charge in [-0.2, -0.15) is 0 Å². The Morgan fingerprint density at radius 2 is 2.30 bits per heavy atom. The van der Waals surface area contributed by atoms with Crippen molar-refractivity contribution in [2.24, 2.45) is 5.92 Å². The molecule has 1 unspecified atom stereocenters. The summed E-state index contributed by atoms with van der Waals surface area (Å²) in [5.74, 6) is 0.797. The predicted octanol–water partition coefficient (Wildman–Crippen LogP) is 3.26. The summed E-state index contributed by atoms with van der Waals surface area (Å²) in [7, 11) is 1.72. The Morgan fingerprint density at radius 3 is 2.95 bits per heavy atom. The second kappa shape index (κ2) is 6.70. The van der Waals surface area contributed by atoms with Crippen molar-refractivity contribution < 1.29 is 4.92 Å². The Balaban J connectivity index is 2.07. The van der Waals surface area contributed by atoms with E-state index in [4.69, 9.17) is 0 Å². The molecular weight excluding hydrogens is 254 g/mol. The molecule has 1 aliphatic rings. The molecule has 0 radical (unpaired) electrons. The average Bonchev–Trinajstić information content (AvgIpc) is 2.47. The van der Waals surface area contributed by atoms with Gasteiger partial charge in [0.1, 0.15) is 5.69 Å². The highest BCUT2D eigenvalue weighted by Gasteiger charge is 2.19. The number of anilines is 1. The molecule has 20 heavy (non-hydrogen) atoms. The minimum absolute atomic E-state index is 0.140. The van der Waals surface area contributed by atoms with E-state index in [1.54, 1.807) is 13.1 Å². The van der Waals surface area contributed by atoms with Crippen LogP contribution in [0.2, 0.25) is 0 Å². The Kier molecular flexibility index (Phi) is 4.95. The number of nitrogens with zero attached hydrogens (tertiary/aromatic N) is 2. The zero-order valence-electron chi connectivity index (χ0n) is 12.3. The van der Waals surface area contributed by atoms with Gasteiger partial charge in [0.2, 0.25) is 0 Å². The summed E-state index contributed by atoms with van der Waals surface area (Å²) in [4.78, 5) is 13.0. The van der Waals surface area contributed by atoms with Gasteiger partial charge in [0.05, 0.1) is 4.92 Å². The second-order valence-corrected chi connectivity index (χ2v) is 5.51. The first-order valence-corrected chi connectivity index (χ1v) is 7.31. The number of hydrogen-bond acceptors (Lipinski definition) is 4. The van der Waals surface area contributed by atoms with Crippen molar-refractivity contribution in [2.75, 3.05) is 25.5 Å². The monoisotopic (exact) mass is 277 g/mol. The quantitative estimate of drug-likeness (QED) is 0.663. The summed E-state index contributed by atoms with van der Waals surface area (Å²) in [5.41, 5.74) is 1.87. The van der Waals surface area contributed by atoms with Gasteiger partial charge in [0.15, 0.2) is 0 Å². The summed E-state index contributed by atoms with van der Waals surface area (Å²) in [6.45, 7) is 5.40. The van der Waals surface area contributed by atoms with Crippen LogP contribution in [-0.2, 0) is 6.54 Å². The van der Waals surface area contributed by atoms with Crippen molar-refractivity contribution >= 4 is 11.4 Å². The van der Waals surface area contributed by atoms with Gasteiger partial charge in [-0.05, 0) is 36.9 Å². The van der Waals surface area contributed by atoms with E-state index in [-0.39, 0.29) is 10.6 Å². The third kappa shape index (κ3) is 3.48. The maximum atomic E-state index is 10.9. The zero-order chi connectivity index (χ0) is 14.5. The van der Waals surface area contributed by atoms with E-state index in [1.807, 2.05) is 12.1 Å². The molecule has 1 saturated heterocycles. The van der Waals surface area contributed by atoms with Crippen LogP contribution >= 0.6 is 0 Å². The van der Waals surface area contributed by atoms with Crippen LogP contribution < -0.4 is 5.32 Å². The first-order valence-electron chi connectivity index (χ1n) is 7.31. The van der Waals surface area contributed by atoms with Crippen LogP contribution in [0.25, 0.3) is 0 Å². The fourth-order valence-corrected chi connectivity index (χ4v) is 2.93. The van der Waals surface area contributed by atoms with Gasteiger partial charge in [0.25, 0.3) is 5.69 Å². The standard InChI is InChI=1S/C15H23N3O2/c1-3-12-5-4-8-17(10-12)11-13-6-7-15(18(19)20)14(9-13)16-2/h6-7,9,12,16H,3-5,8,10-11H2,1-2H3. The van der Waals surface area contributed by atoms with Crippen LogP contribution in [0, 0.1) is 16.0 Å². The van der Waals surface area contributed by atoms with Crippen LogP contribution in [0.5, 0.6) is 0 Å². The number of likely N-dealkylation sites (tertiary alicyclic amines) is 1. The summed E-state index contributed by atoms with van der Waals surface area (Å²) >= 11 is 0. The fraction of sp³-hybridized carbons (Fsp3) is 0.600. The highest BCUT2D eigenvalue weighted by atomic mass is 16.6. The first-order chi connectivity index (χ1) is 9.63. The molecule has 1 N–H and O–H groups in total. The Hall–Kier alpha value is -1.62. The van der Waals surface area contributed by atoms with Gasteiger partial charge < -0.3 is 5.32 Å². The highest BCUT2D eigenvalue weighted by Crippen LogP contribution is 2.27. The molecule has 0 amide bonds. The van der Waals surface area contributed by atoms with Crippen molar-refractivity contribution in [3.05, 3.63) is 33.9 Å². The Labute approximate surface area is 120 Å². The molecule has 1 aromatic carbocycles. The SMILES string of the molecule is CCC1CCCN(Cc2ccc([N+](=O)[O-])c(NC)c2)C1. The summed E-state index contributed by atoms with van der Waals surface area (Å²) < 4.78 is 0. The topological polar surface area (TPSA) is 58.4 Å². The lowest BCUT2D eigenvalue weighted by molar-refractivity contribution is -0.384. The molecule has 5 heteroatoms. The maximum Gasteiger partial charge on any atom is 0.292 e. The predicted molar refractivity (Wildman–Crippen MR) is 80.9 cm³/mol. The lowest BCUT2D eigenvalue weighted by atomic mass is 9.95. The third-order valence-electron chi connectivity index (χ3n) is 4.11. The van der Waals surface area contributed by atoms with E-state index in [2.05, 4.69) is 17.1 Å². The van der Waals surface area contributed by atoms with Crippen molar-refractivity contribution in [1.29, 1.82) is 0 Å².